The first-order valence-corrected chi connectivity index (χ1v) is 11.6. The van der Waals surface area contributed by atoms with Gasteiger partial charge in [0.25, 0.3) is 10.0 Å². The number of allylic oxidation sites excluding steroid dienone is 1. The van der Waals surface area contributed by atoms with Crippen LogP contribution in [-0.2, 0) is 16.4 Å². The summed E-state index contributed by atoms with van der Waals surface area (Å²) in [5, 5.41) is 11.7. The van der Waals surface area contributed by atoms with Crippen molar-refractivity contribution in [2.45, 2.75) is 18.2 Å². The van der Waals surface area contributed by atoms with Crippen LogP contribution in [-0.4, -0.2) is 24.4 Å². The summed E-state index contributed by atoms with van der Waals surface area (Å²) in [4.78, 5) is 12.2. The predicted octanol–water partition coefficient (Wildman–Crippen LogP) is 4.47. The number of aromatic nitrogens is 2. The second-order valence-corrected chi connectivity index (χ2v) is 9.49. The number of nitrogens with zero attached hydrogens (tertiary/aromatic N) is 2. The number of aryl methyl sites for hydroxylation is 1. The molecule has 0 fully saturated rings. The van der Waals surface area contributed by atoms with Gasteiger partial charge in [-0.3, -0.25) is 9.52 Å². The molecule has 2 N–H and O–H groups in total. The van der Waals surface area contributed by atoms with Crippen LogP contribution in [0.25, 0.3) is 0 Å². The summed E-state index contributed by atoms with van der Waals surface area (Å²) < 4.78 is 28.2. The molecule has 10 heteroatoms. The molecule has 0 radical (unpaired) electrons. The molecule has 0 spiro atoms. The Labute approximate surface area is 181 Å². The van der Waals surface area contributed by atoms with Crippen molar-refractivity contribution in [3.05, 3.63) is 75.9 Å². The van der Waals surface area contributed by atoms with Crippen molar-refractivity contribution in [2.24, 2.45) is 0 Å². The number of anilines is 2. The fraction of sp³-hybridized carbons (Fsp3) is 0.105. The Hall–Kier alpha value is -2.56. The zero-order valence-corrected chi connectivity index (χ0v) is 18.5. The summed E-state index contributed by atoms with van der Waals surface area (Å²) in [6.45, 7) is 1.92. The molecule has 0 aliphatic heterocycles. The molecule has 2 aromatic carbocycles. The van der Waals surface area contributed by atoms with Gasteiger partial charge in [-0.1, -0.05) is 34.2 Å². The van der Waals surface area contributed by atoms with Crippen molar-refractivity contribution in [3.63, 3.8) is 0 Å². The molecule has 0 saturated heterocycles. The first-order chi connectivity index (χ1) is 13.9. The molecule has 1 aromatic heterocycles. The van der Waals surface area contributed by atoms with Crippen LogP contribution >= 0.6 is 27.3 Å². The lowest BCUT2D eigenvalue weighted by Crippen LogP contribution is -2.12. The van der Waals surface area contributed by atoms with Crippen molar-refractivity contribution in [1.29, 1.82) is 0 Å². The molecule has 0 aliphatic rings. The molecular formula is C19H17BrN4O3S2. The highest BCUT2D eigenvalue weighted by Crippen LogP contribution is 2.21. The maximum Gasteiger partial charge on any atom is 0.263 e. The SMILES string of the molecule is CCc1nnc(NS(=O)(=O)c2ccc(N/C=C/C(=O)c3ccc(Br)cc3)cc2)s1. The Bertz CT molecular complexity index is 1130. The number of carbonyl (C=O) groups excluding carboxylic acids is 1. The smallest absolute Gasteiger partial charge is 0.263 e. The van der Waals surface area contributed by atoms with E-state index in [9.17, 15) is 13.2 Å². The van der Waals surface area contributed by atoms with E-state index in [0.29, 0.717) is 17.7 Å². The number of sulfonamides is 1. The third-order valence-corrected chi connectivity index (χ3v) is 6.76. The van der Waals surface area contributed by atoms with Gasteiger partial charge in [0.1, 0.15) is 5.01 Å². The van der Waals surface area contributed by atoms with Crippen LogP contribution in [0.5, 0.6) is 0 Å². The van der Waals surface area contributed by atoms with Crippen molar-refractivity contribution in [2.75, 3.05) is 10.0 Å². The first-order valence-electron chi connectivity index (χ1n) is 8.55. The summed E-state index contributed by atoms with van der Waals surface area (Å²) in [6, 6.07) is 13.2. The zero-order valence-electron chi connectivity index (χ0n) is 15.3. The molecule has 3 aromatic rings. The van der Waals surface area contributed by atoms with Crippen molar-refractivity contribution in [1.82, 2.24) is 10.2 Å². The fourth-order valence-electron chi connectivity index (χ4n) is 2.27. The number of hydrogen-bond acceptors (Lipinski definition) is 7. The van der Waals surface area contributed by atoms with E-state index in [-0.39, 0.29) is 15.8 Å². The van der Waals surface area contributed by atoms with Gasteiger partial charge in [0.15, 0.2) is 5.78 Å². The van der Waals surface area contributed by atoms with Crippen LogP contribution in [0.1, 0.15) is 22.3 Å². The molecule has 7 nitrogen and oxygen atoms in total. The standard InChI is InChI=1S/C19H17BrN4O3S2/c1-2-18-22-23-19(28-18)24-29(26,27)16-9-7-15(8-10-16)21-12-11-17(25)13-3-5-14(20)6-4-13/h3-12,21H,2H2,1H3,(H,23,24)/b12-11+. The second-order valence-electron chi connectivity index (χ2n) is 5.83. The van der Waals surface area contributed by atoms with Crippen LogP contribution in [0.4, 0.5) is 10.8 Å². The Morgan fingerprint density at radius 3 is 2.41 bits per heavy atom. The number of hydrogen-bond donors (Lipinski definition) is 2. The van der Waals surface area contributed by atoms with Gasteiger partial charge in [0.05, 0.1) is 4.90 Å². The average molecular weight is 493 g/mol. The normalized spacial score (nSPS) is 11.5. The summed E-state index contributed by atoms with van der Waals surface area (Å²) in [6.07, 6.45) is 3.62. The number of benzene rings is 2. The molecule has 0 aliphatic carbocycles. The van der Waals surface area contributed by atoms with Crippen molar-refractivity contribution in [3.8, 4) is 0 Å². The summed E-state index contributed by atoms with van der Waals surface area (Å²) >= 11 is 4.53. The minimum atomic E-state index is -3.74. The van der Waals surface area contributed by atoms with E-state index in [1.165, 1.54) is 35.7 Å². The Balaban J connectivity index is 1.61. The Morgan fingerprint density at radius 1 is 1.10 bits per heavy atom. The average Bonchev–Trinajstić information content (AvgIpc) is 3.15. The van der Waals surface area contributed by atoms with Gasteiger partial charge >= 0.3 is 0 Å². The molecule has 3 rings (SSSR count). The first kappa shape index (κ1) is 21.2. The number of nitrogens with one attached hydrogen (secondary N) is 2. The van der Waals surface area contributed by atoms with Crippen molar-refractivity contribution < 1.29 is 13.2 Å². The van der Waals surface area contributed by atoms with Crippen molar-refractivity contribution >= 4 is 53.9 Å². The molecule has 0 amide bonds. The maximum atomic E-state index is 12.4. The molecule has 150 valence electrons. The number of carbonyl (C=O) groups is 1. The fourth-order valence-corrected chi connectivity index (χ4v) is 4.44. The van der Waals surface area contributed by atoms with E-state index in [1.807, 2.05) is 6.92 Å². The molecule has 0 unspecified atom stereocenters. The topological polar surface area (TPSA) is 101 Å². The van der Waals surface area contributed by atoms with Gasteiger partial charge in [-0.05, 0) is 55.0 Å². The second kappa shape index (κ2) is 9.29. The van der Waals surface area contributed by atoms with Crippen LogP contribution in [0.3, 0.4) is 0 Å². The third kappa shape index (κ3) is 5.72. The minimum absolute atomic E-state index is 0.103. The lowest BCUT2D eigenvalue weighted by Gasteiger charge is -2.06. The minimum Gasteiger partial charge on any atom is -0.362 e. The Kier molecular flexibility index (Phi) is 6.78. The van der Waals surface area contributed by atoms with E-state index >= 15 is 0 Å². The molecule has 0 bridgehead atoms. The predicted molar refractivity (Wildman–Crippen MR) is 118 cm³/mol. The number of ketones is 1. The quantitative estimate of drug-likeness (QED) is 0.355. The van der Waals surface area contributed by atoms with E-state index < -0.39 is 10.0 Å². The monoisotopic (exact) mass is 492 g/mol. The highest BCUT2D eigenvalue weighted by Gasteiger charge is 2.16. The summed E-state index contributed by atoms with van der Waals surface area (Å²) in [7, 11) is -3.74. The maximum absolute atomic E-state index is 12.4. The number of rotatable bonds is 8. The van der Waals surface area contributed by atoms with Gasteiger partial charge < -0.3 is 5.32 Å². The Morgan fingerprint density at radius 2 is 1.79 bits per heavy atom. The zero-order chi connectivity index (χ0) is 20.9. The third-order valence-electron chi connectivity index (χ3n) is 3.77. The van der Waals surface area contributed by atoms with Gasteiger partial charge in [0.2, 0.25) is 5.13 Å². The summed E-state index contributed by atoms with van der Waals surface area (Å²) in [5.41, 5.74) is 1.22. The van der Waals surface area contributed by atoms with E-state index in [1.54, 1.807) is 36.4 Å². The lowest BCUT2D eigenvalue weighted by molar-refractivity contribution is 0.104. The molecule has 1 heterocycles. The van der Waals surface area contributed by atoms with Crippen LogP contribution in [0, 0.1) is 0 Å². The van der Waals surface area contributed by atoms with Crippen LogP contribution in [0.2, 0.25) is 0 Å². The molecule has 0 saturated carbocycles. The lowest BCUT2D eigenvalue weighted by atomic mass is 10.1. The largest absolute Gasteiger partial charge is 0.362 e. The van der Waals surface area contributed by atoms with Gasteiger partial charge in [0, 0.05) is 28.0 Å². The van der Waals surface area contributed by atoms with Gasteiger partial charge in [-0.2, -0.15) is 0 Å². The van der Waals surface area contributed by atoms with Gasteiger partial charge in [-0.25, -0.2) is 8.42 Å². The highest BCUT2D eigenvalue weighted by atomic mass is 79.9. The molecule has 0 atom stereocenters. The van der Waals surface area contributed by atoms with E-state index in [0.717, 1.165) is 9.48 Å². The van der Waals surface area contributed by atoms with E-state index in [4.69, 9.17) is 0 Å². The number of halogens is 1. The highest BCUT2D eigenvalue weighted by molar-refractivity contribution is 9.10. The van der Waals surface area contributed by atoms with E-state index in [2.05, 4.69) is 36.2 Å². The molecule has 29 heavy (non-hydrogen) atoms. The van der Waals surface area contributed by atoms with Crippen LogP contribution < -0.4 is 10.0 Å². The summed E-state index contributed by atoms with van der Waals surface area (Å²) in [5.74, 6) is -0.142. The van der Waals surface area contributed by atoms with Gasteiger partial charge in [-0.15, -0.1) is 10.2 Å². The van der Waals surface area contributed by atoms with Crippen LogP contribution in [0.15, 0.2) is 70.2 Å². The molecular weight excluding hydrogens is 476 g/mol.